The van der Waals surface area contributed by atoms with Gasteiger partial charge in [0, 0.05) is 23.3 Å². The summed E-state index contributed by atoms with van der Waals surface area (Å²) >= 11 is 1.58. The van der Waals surface area contributed by atoms with Crippen LogP contribution in [0, 0.1) is 11.6 Å². The molecule has 0 saturated heterocycles. The summed E-state index contributed by atoms with van der Waals surface area (Å²) in [4.78, 5) is 12.8. The molecule has 0 spiro atoms. The van der Waals surface area contributed by atoms with Crippen molar-refractivity contribution >= 4 is 17.1 Å². The van der Waals surface area contributed by atoms with Crippen molar-refractivity contribution < 1.29 is 13.6 Å². The lowest BCUT2D eigenvalue weighted by Crippen LogP contribution is -2.07. The molecule has 0 aliphatic heterocycles. The van der Waals surface area contributed by atoms with Gasteiger partial charge in [-0.3, -0.25) is 4.79 Å². The van der Waals surface area contributed by atoms with Gasteiger partial charge in [0.25, 0.3) is 0 Å². The molecule has 0 saturated carbocycles. The van der Waals surface area contributed by atoms with E-state index in [0.717, 1.165) is 4.88 Å². The van der Waals surface area contributed by atoms with Gasteiger partial charge in [-0.2, -0.15) is 0 Å². The zero-order chi connectivity index (χ0) is 13.0. The molecule has 0 fully saturated rings. The van der Waals surface area contributed by atoms with E-state index in [1.807, 2.05) is 17.5 Å². The van der Waals surface area contributed by atoms with Crippen molar-refractivity contribution in [1.82, 2.24) is 0 Å². The number of ketones is 1. The lowest BCUT2D eigenvalue weighted by Gasteiger charge is -2.03. The van der Waals surface area contributed by atoms with Crippen molar-refractivity contribution in [3.8, 4) is 0 Å². The molecule has 1 nitrogen and oxygen atoms in total. The smallest absolute Gasteiger partial charge is 0.137 e. The Bertz CT molecular complexity index is 514. The van der Waals surface area contributed by atoms with Gasteiger partial charge in [0.15, 0.2) is 0 Å². The van der Waals surface area contributed by atoms with Gasteiger partial charge in [-0.15, -0.1) is 11.3 Å². The quantitative estimate of drug-likeness (QED) is 0.805. The Morgan fingerprint density at radius 3 is 2.44 bits per heavy atom. The predicted molar refractivity (Wildman–Crippen MR) is 67.7 cm³/mol. The molecule has 1 aromatic carbocycles. The minimum absolute atomic E-state index is 0.131. The second kappa shape index (κ2) is 5.87. The topological polar surface area (TPSA) is 17.1 Å². The van der Waals surface area contributed by atoms with Gasteiger partial charge < -0.3 is 0 Å². The summed E-state index contributed by atoms with van der Waals surface area (Å²) in [5, 5.41) is 1.94. The molecule has 0 aliphatic carbocycles. The molecule has 2 aromatic rings. The first-order chi connectivity index (χ1) is 8.66. The number of carbonyl (C=O) groups is 1. The molecule has 0 amide bonds. The molecule has 0 aliphatic rings. The second-order valence-corrected chi connectivity index (χ2v) is 5.03. The van der Waals surface area contributed by atoms with Crippen molar-refractivity contribution in [3.63, 3.8) is 0 Å². The minimum atomic E-state index is -0.653. The van der Waals surface area contributed by atoms with Crippen molar-refractivity contribution in [2.45, 2.75) is 19.3 Å². The van der Waals surface area contributed by atoms with E-state index in [4.69, 9.17) is 0 Å². The Hall–Kier alpha value is -1.55. The van der Waals surface area contributed by atoms with Gasteiger partial charge in [0.1, 0.15) is 17.4 Å². The molecule has 1 heterocycles. The van der Waals surface area contributed by atoms with Crippen LogP contribution in [0.5, 0.6) is 0 Å². The Morgan fingerprint density at radius 1 is 1.11 bits per heavy atom. The van der Waals surface area contributed by atoms with Crippen molar-refractivity contribution in [3.05, 3.63) is 57.8 Å². The molecule has 0 unspecified atom stereocenters. The Labute approximate surface area is 108 Å². The third-order valence-corrected chi connectivity index (χ3v) is 3.60. The highest BCUT2D eigenvalue weighted by Crippen LogP contribution is 2.15. The number of benzene rings is 1. The van der Waals surface area contributed by atoms with Gasteiger partial charge in [0.2, 0.25) is 0 Å². The highest BCUT2D eigenvalue weighted by molar-refractivity contribution is 7.09. The summed E-state index contributed by atoms with van der Waals surface area (Å²) < 4.78 is 26.7. The van der Waals surface area contributed by atoms with E-state index in [-0.39, 0.29) is 17.8 Å². The summed E-state index contributed by atoms with van der Waals surface area (Å²) in [6.45, 7) is 0. The van der Waals surface area contributed by atoms with Crippen LogP contribution in [0.25, 0.3) is 0 Å². The first-order valence-electron chi connectivity index (χ1n) is 5.64. The zero-order valence-electron chi connectivity index (χ0n) is 9.66. The molecule has 0 atom stereocenters. The van der Waals surface area contributed by atoms with Crippen LogP contribution in [0.15, 0.2) is 35.7 Å². The minimum Gasteiger partial charge on any atom is -0.299 e. The molecule has 4 heteroatoms. The lowest BCUT2D eigenvalue weighted by atomic mass is 10.0. The maximum Gasteiger partial charge on any atom is 0.137 e. The van der Waals surface area contributed by atoms with E-state index >= 15 is 0 Å². The monoisotopic (exact) mass is 266 g/mol. The van der Waals surface area contributed by atoms with Crippen LogP contribution in [0.2, 0.25) is 0 Å². The molecule has 18 heavy (non-hydrogen) atoms. The summed E-state index contributed by atoms with van der Waals surface area (Å²) in [5.41, 5.74) is -0.131. The number of carbonyl (C=O) groups excluding carboxylic acids is 1. The van der Waals surface area contributed by atoms with Gasteiger partial charge >= 0.3 is 0 Å². The zero-order valence-corrected chi connectivity index (χ0v) is 10.5. The van der Waals surface area contributed by atoms with Gasteiger partial charge in [-0.25, -0.2) is 8.78 Å². The molecule has 0 N–H and O–H groups in total. The van der Waals surface area contributed by atoms with Crippen LogP contribution in [0.3, 0.4) is 0 Å². The molecule has 0 bridgehead atoms. The van der Waals surface area contributed by atoms with Crippen LogP contribution in [-0.4, -0.2) is 5.78 Å². The molecule has 1 aromatic heterocycles. The highest BCUT2D eigenvalue weighted by Gasteiger charge is 2.13. The maximum atomic E-state index is 13.3. The fourth-order valence-electron chi connectivity index (χ4n) is 1.70. The van der Waals surface area contributed by atoms with E-state index in [2.05, 4.69) is 0 Å². The lowest BCUT2D eigenvalue weighted by molar-refractivity contribution is -0.118. The van der Waals surface area contributed by atoms with Crippen LogP contribution < -0.4 is 0 Å². The van der Waals surface area contributed by atoms with E-state index in [1.54, 1.807) is 11.3 Å². The second-order valence-electron chi connectivity index (χ2n) is 4.00. The largest absolute Gasteiger partial charge is 0.299 e. The van der Waals surface area contributed by atoms with Crippen molar-refractivity contribution in [2.75, 3.05) is 0 Å². The average molecular weight is 266 g/mol. The number of aryl methyl sites for hydroxylation is 1. The number of hydrogen-bond acceptors (Lipinski definition) is 2. The highest BCUT2D eigenvalue weighted by atomic mass is 32.1. The van der Waals surface area contributed by atoms with Gasteiger partial charge in [-0.05, 0) is 30.0 Å². The van der Waals surface area contributed by atoms with E-state index in [1.165, 1.54) is 18.2 Å². The molecule has 0 radical (unpaired) electrons. The molecular formula is C14H12F2OS. The van der Waals surface area contributed by atoms with Gasteiger partial charge in [0.05, 0.1) is 0 Å². The van der Waals surface area contributed by atoms with E-state index in [0.29, 0.717) is 12.8 Å². The fraction of sp³-hybridized carbons (Fsp3) is 0.214. The third kappa shape index (κ3) is 3.23. The summed E-state index contributed by atoms with van der Waals surface area (Å²) in [5.74, 6) is -1.45. The maximum absolute atomic E-state index is 13.3. The number of Topliss-reactive ketones (excluding diaryl/α,β-unsaturated/α-hetero) is 1. The van der Waals surface area contributed by atoms with Crippen LogP contribution >= 0.6 is 11.3 Å². The number of halogens is 2. The Morgan fingerprint density at radius 2 is 1.83 bits per heavy atom. The predicted octanol–water partition coefficient (Wildman–Crippen LogP) is 3.77. The SMILES string of the molecule is O=C(CCc1cccs1)Cc1c(F)cccc1F. The number of rotatable bonds is 5. The van der Waals surface area contributed by atoms with Crippen LogP contribution in [0.1, 0.15) is 16.9 Å². The average Bonchev–Trinajstić information content (AvgIpc) is 2.84. The Kier molecular flexibility index (Phi) is 4.20. The summed E-state index contributed by atoms with van der Waals surface area (Å²) in [6.07, 6.45) is 0.769. The number of hydrogen-bond donors (Lipinski definition) is 0. The third-order valence-electron chi connectivity index (χ3n) is 2.67. The van der Waals surface area contributed by atoms with E-state index in [9.17, 15) is 13.6 Å². The standard InChI is InChI=1S/C14H12F2OS/c15-13-4-1-5-14(16)12(13)9-10(17)6-7-11-3-2-8-18-11/h1-5,8H,6-7,9H2. The summed E-state index contributed by atoms with van der Waals surface area (Å²) in [6, 6.07) is 7.50. The summed E-state index contributed by atoms with van der Waals surface area (Å²) in [7, 11) is 0. The first-order valence-corrected chi connectivity index (χ1v) is 6.52. The number of thiophene rings is 1. The first kappa shape index (κ1) is 12.9. The fourth-order valence-corrected chi connectivity index (χ4v) is 2.41. The normalized spacial score (nSPS) is 10.6. The van der Waals surface area contributed by atoms with Crippen molar-refractivity contribution in [1.29, 1.82) is 0 Å². The van der Waals surface area contributed by atoms with Crippen LogP contribution in [0.4, 0.5) is 8.78 Å². The molecular weight excluding hydrogens is 254 g/mol. The molecule has 2 rings (SSSR count). The van der Waals surface area contributed by atoms with E-state index < -0.39 is 11.6 Å². The molecule has 94 valence electrons. The van der Waals surface area contributed by atoms with Gasteiger partial charge in [-0.1, -0.05) is 12.1 Å². The van der Waals surface area contributed by atoms with Crippen LogP contribution in [-0.2, 0) is 17.6 Å². The van der Waals surface area contributed by atoms with Crippen molar-refractivity contribution in [2.24, 2.45) is 0 Å². The Balaban J connectivity index is 1.95.